The average Bonchev–Trinajstić information content (AvgIpc) is 2.52. The van der Waals surface area contributed by atoms with Crippen LogP contribution in [-0.4, -0.2) is 19.8 Å². The molecule has 1 unspecified atom stereocenters. The molecule has 24 heavy (non-hydrogen) atoms. The lowest BCUT2D eigenvalue weighted by atomic mass is 10.1. The molecule has 0 amide bonds. The molecule has 2 rings (SSSR count). The minimum atomic E-state index is -4.84. The molecule has 2 nitrogen and oxygen atoms in total. The molecule has 0 spiro atoms. The molecule has 2 aromatic carbocycles. The Hall–Kier alpha value is -2.08. The van der Waals surface area contributed by atoms with Gasteiger partial charge >= 0.3 is 6.18 Å². The first-order valence-corrected chi connectivity index (χ1v) is 8.85. The summed E-state index contributed by atoms with van der Waals surface area (Å²) in [5.74, 6) is 0. The third kappa shape index (κ3) is 4.47. The molecule has 0 fully saturated rings. The fraction of sp³-hybridized carbons (Fsp3) is 0.222. The van der Waals surface area contributed by atoms with E-state index in [4.69, 9.17) is 0 Å². The number of halogens is 3. The van der Waals surface area contributed by atoms with E-state index >= 15 is 0 Å². The van der Waals surface area contributed by atoms with Gasteiger partial charge in [-0.15, -0.1) is 0 Å². The molecule has 0 bridgehead atoms. The highest BCUT2D eigenvalue weighted by Gasteiger charge is 2.48. The van der Waals surface area contributed by atoms with E-state index < -0.39 is 27.7 Å². The van der Waals surface area contributed by atoms with Gasteiger partial charge in [-0.3, -0.25) is 0 Å². The van der Waals surface area contributed by atoms with Crippen LogP contribution >= 0.6 is 0 Å². The van der Waals surface area contributed by atoms with Crippen LogP contribution in [-0.2, 0) is 9.84 Å². The molecule has 128 valence electrons. The third-order valence-electron chi connectivity index (χ3n) is 3.55. The Morgan fingerprint density at radius 3 is 2.12 bits per heavy atom. The smallest absolute Gasteiger partial charge is 0.223 e. The standard InChI is InChI=1S/C18H17F3O2S/c1-14-10-12-15(13-11-14)6-5-9-17(18(19,20)21)24(22,23)16-7-3-2-4-8-16/h2-8,10-13,17H,9H2,1H3/b6-5+. The summed E-state index contributed by atoms with van der Waals surface area (Å²) >= 11 is 0. The molecule has 0 saturated carbocycles. The lowest BCUT2D eigenvalue weighted by Gasteiger charge is -2.19. The number of allylic oxidation sites excluding steroid dienone is 1. The molecule has 0 saturated heterocycles. The highest BCUT2D eigenvalue weighted by Crippen LogP contribution is 2.33. The first kappa shape index (κ1) is 18.3. The highest BCUT2D eigenvalue weighted by molar-refractivity contribution is 7.92. The lowest BCUT2D eigenvalue weighted by molar-refractivity contribution is -0.129. The molecular formula is C18H17F3O2S. The van der Waals surface area contributed by atoms with Gasteiger partial charge in [0, 0.05) is 0 Å². The second-order valence-electron chi connectivity index (χ2n) is 5.44. The molecule has 0 N–H and O–H groups in total. The SMILES string of the molecule is Cc1ccc(/C=C/CC(C(F)(F)F)S(=O)(=O)c2ccccc2)cc1. The fourth-order valence-electron chi connectivity index (χ4n) is 2.22. The molecular weight excluding hydrogens is 337 g/mol. The van der Waals surface area contributed by atoms with E-state index in [0.717, 1.165) is 11.1 Å². The maximum atomic E-state index is 13.3. The van der Waals surface area contributed by atoms with Crippen molar-refractivity contribution in [1.82, 2.24) is 0 Å². The van der Waals surface area contributed by atoms with Gasteiger partial charge in [-0.1, -0.05) is 60.2 Å². The number of aryl methyl sites for hydroxylation is 1. The van der Waals surface area contributed by atoms with E-state index in [0.29, 0.717) is 0 Å². The van der Waals surface area contributed by atoms with Gasteiger partial charge in [0.05, 0.1) is 4.90 Å². The number of hydrogen-bond acceptors (Lipinski definition) is 2. The Morgan fingerprint density at radius 1 is 1.00 bits per heavy atom. The maximum absolute atomic E-state index is 13.3. The van der Waals surface area contributed by atoms with Gasteiger partial charge in [0.15, 0.2) is 15.1 Å². The fourth-order valence-corrected chi connectivity index (χ4v) is 3.80. The van der Waals surface area contributed by atoms with E-state index in [9.17, 15) is 21.6 Å². The molecule has 1 atom stereocenters. The highest BCUT2D eigenvalue weighted by atomic mass is 32.2. The van der Waals surface area contributed by atoms with Gasteiger partial charge in [-0.25, -0.2) is 8.42 Å². The van der Waals surface area contributed by atoms with Crippen molar-refractivity contribution in [3.63, 3.8) is 0 Å². The molecule has 0 aromatic heterocycles. The molecule has 0 aliphatic rings. The van der Waals surface area contributed by atoms with Crippen molar-refractivity contribution in [2.45, 2.75) is 29.7 Å². The summed E-state index contributed by atoms with van der Waals surface area (Å²) in [5, 5.41) is -2.46. The Labute approximate surface area is 139 Å². The normalized spacial score (nSPS) is 14.0. The monoisotopic (exact) mass is 354 g/mol. The summed E-state index contributed by atoms with van der Waals surface area (Å²) in [6.07, 6.45) is -2.72. The molecule has 6 heteroatoms. The number of hydrogen-bond donors (Lipinski definition) is 0. The van der Waals surface area contributed by atoms with Gasteiger partial charge < -0.3 is 0 Å². The number of sulfone groups is 1. The summed E-state index contributed by atoms with van der Waals surface area (Å²) in [5.41, 5.74) is 1.76. The molecule has 0 aliphatic heterocycles. The minimum absolute atomic E-state index is 0.323. The van der Waals surface area contributed by atoms with Crippen molar-refractivity contribution < 1.29 is 21.6 Å². The zero-order chi connectivity index (χ0) is 17.8. The Bertz CT molecular complexity index is 792. The van der Waals surface area contributed by atoms with Crippen LogP contribution in [0.5, 0.6) is 0 Å². The predicted octanol–water partition coefficient (Wildman–Crippen LogP) is 4.80. The summed E-state index contributed by atoms with van der Waals surface area (Å²) in [4.78, 5) is -0.323. The first-order valence-electron chi connectivity index (χ1n) is 7.30. The van der Waals surface area contributed by atoms with E-state index in [2.05, 4.69) is 0 Å². The van der Waals surface area contributed by atoms with Crippen LogP contribution in [0.1, 0.15) is 17.5 Å². The van der Waals surface area contributed by atoms with Crippen LogP contribution in [0.25, 0.3) is 6.08 Å². The Balaban J connectivity index is 2.25. The van der Waals surface area contributed by atoms with Crippen LogP contribution in [0.4, 0.5) is 13.2 Å². The van der Waals surface area contributed by atoms with Crippen LogP contribution in [0.3, 0.4) is 0 Å². The molecule has 0 radical (unpaired) electrons. The summed E-state index contributed by atoms with van der Waals surface area (Å²) < 4.78 is 64.4. The maximum Gasteiger partial charge on any atom is 0.406 e. The number of benzene rings is 2. The van der Waals surface area contributed by atoms with Crippen LogP contribution < -0.4 is 0 Å². The van der Waals surface area contributed by atoms with Crippen LogP contribution in [0.15, 0.2) is 65.6 Å². The Kier molecular flexibility index (Phi) is 5.49. The Morgan fingerprint density at radius 2 is 1.58 bits per heavy atom. The number of alkyl halides is 3. The minimum Gasteiger partial charge on any atom is -0.223 e. The van der Waals surface area contributed by atoms with Gasteiger partial charge in [0.1, 0.15) is 0 Å². The predicted molar refractivity (Wildman–Crippen MR) is 88.3 cm³/mol. The van der Waals surface area contributed by atoms with Crippen molar-refractivity contribution in [2.24, 2.45) is 0 Å². The summed E-state index contributed by atoms with van der Waals surface area (Å²) in [6.45, 7) is 1.90. The van der Waals surface area contributed by atoms with Crippen LogP contribution in [0, 0.1) is 6.92 Å². The largest absolute Gasteiger partial charge is 0.406 e. The second kappa shape index (κ2) is 7.21. The zero-order valence-electron chi connectivity index (χ0n) is 13.0. The average molecular weight is 354 g/mol. The van der Waals surface area contributed by atoms with Crippen molar-refractivity contribution >= 4 is 15.9 Å². The third-order valence-corrected chi connectivity index (χ3v) is 5.69. The van der Waals surface area contributed by atoms with Gasteiger partial charge in [-0.2, -0.15) is 13.2 Å². The van der Waals surface area contributed by atoms with E-state index in [1.807, 2.05) is 19.1 Å². The molecule has 0 aliphatic carbocycles. The first-order chi connectivity index (χ1) is 11.2. The second-order valence-corrected chi connectivity index (χ2v) is 7.57. The zero-order valence-corrected chi connectivity index (χ0v) is 13.8. The van der Waals surface area contributed by atoms with Crippen molar-refractivity contribution in [3.8, 4) is 0 Å². The number of rotatable bonds is 5. The lowest BCUT2D eigenvalue weighted by Crippen LogP contribution is -2.36. The summed E-state index contributed by atoms with van der Waals surface area (Å²) in [7, 11) is -4.50. The van der Waals surface area contributed by atoms with E-state index in [1.165, 1.54) is 36.4 Å². The van der Waals surface area contributed by atoms with Crippen molar-refractivity contribution in [3.05, 3.63) is 71.8 Å². The van der Waals surface area contributed by atoms with Gasteiger partial charge in [0.2, 0.25) is 0 Å². The molecule has 0 heterocycles. The van der Waals surface area contributed by atoms with E-state index in [-0.39, 0.29) is 4.90 Å². The van der Waals surface area contributed by atoms with Gasteiger partial charge in [0.25, 0.3) is 0 Å². The topological polar surface area (TPSA) is 34.1 Å². The van der Waals surface area contributed by atoms with Crippen molar-refractivity contribution in [1.29, 1.82) is 0 Å². The summed E-state index contributed by atoms with van der Waals surface area (Å²) in [6, 6.07) is 13.9. The molecule has 2 aromatic rings. The van der Waals surface area contributed by atoms with Crippen LogP contribution in [0.2, 0.25) is 0 Å². The quantitative estimate of drug-likeness (QED) is 0.773. The van der Waals surface area contributed by atoms with E-state index in [1.54, 1.807) is 18.2 Å². The van der Waals surface area contributed by atoms with Gasteiger partial charge in [-0.05, 0) is 31.0 Å². The van der Waals surface area contributed by atoms with Crippen molar-refractivity contribution in [2.75, 3.05) is 0 Å².